The second-order valence-corrected chi connectivity index (χ2v) is 7.58. The molecule has 0 saturated carbocycles. The first kappa shape index (κ1) is 18.3. The van der Waals surface area contributed by atoms with Gasteiger partial charge in [-0.2, -0.15) is 13.2 Å². The highest BCUT2D eigenvalue weighted by Crippen LogP contribution is 2.39. The molecule has 2 N–H and O–H groups in total. The van der Waals surface area contributed by atoms with E-state index in [1.54, 1.807) is 12.1 Å². The fourth-order valence-electron chi connectivity index (χ4n) is 2.80. The molecule has 0 aliphatic heterocycles. The van der Waals surface area contributed by atoms with Gasteiger partial charge in [0.15, 0.2) is 0 Å². The van der Waals surface area contributed by atoms with E-state index >= 15 is 0 Å². The fraction of sp³-hybridized carbons (Fsp3) is 0.167. The van der Waals surface area contributed by atoms with E-state index in [9.17, 15) is 21.6 Å². The Morgan fingerprint density at radius 1 is 0.962 bits per heavy atom. The maximum Gasteiger partial charge on any atom is 0.433 e. The van der Waals surface area contributed by atoms with Crippen LogP contribution in [-0.4, -0.2) is 13.4 Å². The van der Waals surface area contributed by atoms with Crippen LogP contribution in [0.5, 0.6) is 0 Å². The maximum atomic E-state index is 12.7. The van der Waals surface area contributed by atoms with Gasteiger partial charge in [-0.1, -0.05) is 37.3 Å². The molecule has 0 spiro atoms. The molecule has 0 amide bonds. The second kappa shape index (κ2) is 6.37. The van der Waals surface area contributed by atoms with Gasteiger partial charge in [0, 0.05) is 11.8 Å². The second-order valence-electron chi connectivity index (χ2n) is 6.02. The van der Waals surface area contributed by atoms with Crippen LogP contribution in [0.1, 0.15) is 23.7 Å². The van der Waals surface area contributed by atoms with Gasteiger partial charge in [0.25, 0.3) is 0 Å². The zero-order valence-corrected chi connectivity index (χ0v) is 14.5. The molecule has 1 aliphatic carbocycles. The number of halogens is 3. The third-order valence-electron chi connectivity index (χ3n) is 4.01. The van der Waals surface area contributed by atoms with E-state index in [4.69, 9.17) is 5.14 Å². The number of primary sulfonamides is 1. The standard InChI is InChI=1S/C18H15F3N2O2S/c1-11-8-15(12-2-5-14(6-3-12)26(22,24)25)16(9-11)13-4-7-17(23-10-13)18(19,20)21/h2-11H,1H3,(H2,22,24,25). The van der Waals surface area contributed by atoms with E-state index in [1.165, 1.54) is 24.4 Å². The smallest absolute Gasteiger partial charge is 0.251 e. The van der Waals surface area contributed by atoms with Crippen molar-refractivity contribution in [2.75, 3.05) is 0 Å². The van der Waals surface area contributed by atoms with Gasteiger partial charge in [-0.3, -0.25) is 4.98 Å². The summed E-state index contributed by atoms with van der Waals surface area (Å²) in [7, 11) is -3.79. The van der Waals surface area contributed by atoms with Gasteiger partial charge in [0.05, 0.1) is 4.90 Å². The third kappa shape index (κ3) is 3.71. The molecule has 8 heteroatoms. The molecule has 0 bridgehead atoms. The number of rotatable bonds is 3. The average molecular weight is 380 g/mol. The number of hydrogen-bond donors (Lipinski definition) is 1. The maximum absolute atomic E-state index is 12.7. The molecule has 0 fully saturated rings. The van der Waals surface area contributed by atoms with Gasteiger partial charge < -0.3 is 0 Å². The summed E-state index contributed by atoms with van der Waals surface area (Å²) in [6.07, 6.45) is 0.587. The number of nitrogens with two attached hydrogens (primary N) is 1. The molecule has 26 heavy (non-hydrogen) atoms. The summed E-state index contributed by atoms with van der Waals surface area (Å²) in [5, 5.41) is 5.10. The molecule has 1 unspecified atom stereocenters. The van der Waals surface area contributed by atoms with Crippen LogP contribution in [-0.2, 0) is 16.2 Å². The molecule has 3 rings (SSSR count). The highest BCUT2D eigenvalue weighted by Gasteiger charge is 2.32. The van der Waals surface area contributed by atoms with Crippen molar-refractivity contribution in [3.8, 4) is 0 Å². The third-order valence-corrected chi connectivity index (χ3v) is 4.94. The molecule has 1 atom stereocenters. The van der Waals surface area contributed by atoms with Gasteiger partial charge in [0.1, 0.15) is 5.69 Å². The van der Waals surface area contributed by atoms with Crippen LogP contribution in [0.15, 0.2) is 59.6 Å². The van der Waals surface area contributed by atoms with Crippen molar-refractivity contribution >= 4 is 21.2 Å². The molecule has 4 nitrogen and oxygen atoms in total. The van der Waals surface area contributed by atoms with Crippen LogP contribution in [0.25, 0.3) is 11.1 Å². The summed E-state index contributed by atoms with van der Waals surface area (Å²) in [6.45, 7) is 1.95. The summed E-state index contributed by atoms with van der Waals surface area (Å²) < 4.78 is 60.8. The van der Waals surface area contributed by atoms with Crippen LogP contribution in [0, 0.1) is 5.92 Å². The SMILES string of the molecule is CC1C=C(c2ccc(S(N)(=O)=O)cc2)C(c2ccc(C(F)(F)F)nc2)=C1. The van der Waals surface area contributed by atoms with Crippen LogP contribution in [0.3, 0.4) is 0 Å². The highest BCUT2D eigenvalue weighted by atomic mass is 32.2. The van der Waals surface area contributed by atoms with E-state index in [2.05, 4.69) is 4.98 Å². The highest BCUT2D eigenvalue weighted by molar-refractivity contribution is 7.89. The van der Waals surface area contributed by atoms with Gasteiger partial charge >= 0.3 is 6.18 Å². The molecule has 0 saturated heterocycles. The summed E-state index contributed by atoms with van der Waals surface area (Å²) in [6, 6.07) is 8.37. The van der Waals surface area contributed by atoms with Gasteiger partial charge in [-0.05, 0) is 40.8 Å². The van der Waals surface area contributed by atoms with E-state index in [-0.39, 0.29) is 10.8 Å². The van der Waals surface area contributed by atoms with E-state index in [1.807, 2.05) is 19.1 Å². The van der Waals surface area contributed by atoms with Crippen molar-refractivity contribution in [3.05, 3.63) is 71.6 Å². The topological polar surface area (TPSA) is 73.1 Å². The predicted octanol–water partition coefficient (Wildman–Crippen LogP) is 3.86. The minimum atomic E-state index is -4.49. The first-order valence-corrected chi connectivity index (χ1v) is 9.21. The van der Waals surface area contributed by atoms with Crippen molar-refractivity contribution in [2.24, 2.45) is 11.1 Å². The van der Waals surface area contributed by atoms with Crippen LogP contribution in [0.2, 0.25) is 0 Å². The lowest BCUT2D eigenvalue weighted by Crippen LogP contribution is -2.11. The zero-order chi connectivity index (χ0) is 19.1. The molecule has 1 aromatic carbocycles. The van der Waals surface area contributed by atoms with E-state index in [0.717, 1.165) is 22.8 Å². The van der Waals surface area contributed by atoms with Crippen molar-refractivity contribution < 1.29 is 21.6 Å². The predicted molar refractivity (Wildman–Crippen MR) is 92.2 cm³/mol. The quantitative estimate of drug-likeness (QED) is 0.879. The minimum absolute atomic E-state index is 0.00498. The average Bonchev–Trinajstić information content (AvgIpc) is 2.95. The lowest BCUT2D eigenvalue weighted by molar-refractivity contribution is -0.141. The molecular formula is C18H15F3N2O2S. The Hall–Kier alpha value is -2.45. The molecule has 1 aromatic heterocycles. The summed E-state index contributed by atoms with van der Waals surface area (Å²) in [4.78, 5) is 3.50. The first-order valence-electron chi connectivity index (χ1n) is 7.66. The molecular weight excluding hydrogens is 365 g/mol. The monoisotopic (exact) mass is 380 g/mol. The van der Waals surface area contributed by atoms with Crippen molar-refractivity contribution in [3.63, 3.8) is 0 Å². The molecule has 2 aromatic rings. The van der Waals surface area contributed by atoms with Crippen molar-refractivity contribution in [1.82, 2.24) is 4.98 Å². The van der Waals surface area contributed by atoms with Gasteiger partial charge in [0.2, 0.25) is 10.0 Å². The van der Waals surface area contributed by atoms with Gasteiger partial charge in [-0.25, -0.2) is 13.6 Å². The Morgan fingerprint density at radius 3 is 1.96 bits per heavy atom. The van der Waals surface area contributed by atoms with Crippen LogP contribution >= 0.6 is 0 Å². The Bertz CT molecular complexity index is 990. The van der Waals surface area contributed by atoms with Crippen LogP contribution < -0.4 is 5.14 Å². The van der Waals surface area contributed by atoms with Gasteiger partial charge in [-0.15, -0.1) is 0 Å². The first-order chi connectivity index (χ1) is 12.1. The van der Waals surface area contributed by atoms with E-state index < -0.39 is 21.9 Å². The number of benzene rings is 1. The number of alkyl halides is 3. The zero-order valence-electron chi connectivity index (χ0n) is 13.7. The summed E-state index contributed by atoms with van der Waals surface area (Å²) in [5.74, 6) is 0.0835. The molecule has 1 aliphatic rings. The molecule has 1 heterocycles. The Balaban J connectivity index is 1.96. The summed E-state index contributed by atoms with van der Waals surface area (Å²) >= 11 is 0. The molecule has 136 valence electrons. The lowest BCUT2D eigenvalue weighted by Gasteiger charge is -2.11. The van der Waals surface area contributed by atoms with E-state index in [0.29, 0.717) is 5.56 Å². The Kier molecular flexibility index (Phi) is 4.49. The largest absolute Gasteiger partial charge is 0.433 e. The molecule has 0 radical (unpaired) electrons. The van der Waals surface area contributed by atoms with Crippen molar-refractivity contribution in [1.29, 1.82) is 0 Å². The minimum Gasteiger partial charge on any atom is -0.251 e. The summed E-state index contributed by atoms with van der Waals surface area (Å²) in [5.41, 5.74) is 1.91. The van der Waals surface area contributed by atoms with Crippen LogP contribution in [0.4, 0.5) is 13.2 Å². The Labute approximate surface area is 148 Å². The Morgan fingerprint density at radius 2 is 1.50 bits per heavy atom. The number of hydrogen-bond acceptors (Lipinski definition) is 3. The fourth-order valence-corrected chi connectivity index (χ4v) is 3.32. The lowest BCUT2D eigenvalue weighted by atomic mass is 9.96. The number of allylic oxidation sites excluding steroid dienone is 4. The number of sulfonamides is 1. The number of pyridine rings is 1. The number of aromatic nitrogens is 1. The normalized spacial score (nSPS) is 17.8. The number of nitrogens with zero attached hydrogens (tertiary/aromatic N) is 1. The van der Waals surface area contributed by atoms with Crippen molar-refractivity contribution in [2.45, 2.75) is 18.0 Å².